The maximum atomic E-state index is 14.7. The molecular weight excluding hydrogens is 791 g/mol. The summed E-state index contributed by atoms with van der Waals surface area (Å²) in [4.78, 5) is 34.8. The zero-order valence-electron chi connectivity index (χ0n) is 32.6. The van der Waals surface area contributed by atoms with Crippen LogP contribution in [-0.2, 0) is 35.3 Å². The molecule has 3 atom stereocenters. The van der Waals surface area contributed by atoms with Crippen LogP contribution < -0.4 is 24.8 Å². The van der Waals surface area contributed by atoms with E-state index in [0.29, 0.717) is 80.2 Å². The smallest absolute Gasteiger partial charge is 0.421 e. The number of alkyl halides is 3. The standard InChI is InChI=1S/C43H45ClF3N5O7/c1-57-38-23(19-48-20-25-18-34(53)37(54)49-25)9-11-33(50-38)31-8-4-7-30(36(31)44)27-5-3-6-29-28(27)10-12-35(29)59-40-32(43(45,46)47)17-24(39(51-40)58-2)21-52-22-42(41(55)56)15-13-26(52)14-16-42/h3-9,11,17,25-26,34-35,48,53H,10,12-16,18-22H2,1-2H3,(H,49,54)(H,55,56)/t25-,26?,34?,35-,42?/m0/s1. The molecule has 3 aliphatic heterocycles. The van der Waals surface area contributed by atoms with Crippen LogP contribution in [-0.4, -0.2) is 82.5 Å². The molecule has 2 bridgehead atoms. The molecular formula is C43H45ClF3N5O7. The van der Waals surface area contributed by atoms with E-state index in [1.165, 1.54) is 14.2 Å². The van der Waals surface area contributed by atoms with Crippen molar-refractivity contribution in [3.8, 4) is 40.0 Å². The molecule has 9 rings (SSSR count). The fourth-order valence-corrected chi connectivity index (χ4v) is 9.55. The number of nitrogens with one attached hydrogen (secondary N) is 2. The lowest BCUT2D eigenvalue weighted by atomic mass is 9.67. The van der Waals surface area contributed by atoms with E-state index in [1.807, 2.05) is 53.4 Å². The third-order valence-electron chi connectivity index (χ3n) is 12.3. The Labute approximate surface area is 344 Å². The number of carboxylic acids is 1. The number of halogens is 4. The number of carboxylic acid groups (broad SMARTS) is 1. The molecule has 5 aliphatic rings. The van der Waals surface area contributed by atoms with Gasteiger partial charge in [0.1, 0.15) is 17.8 Å². The lowest BCUT2D eigenvalue weighted by molar-refractivity contribution is -0.160. The number of carbonyl (C=O) groups is 2. The first-order valence-corrected chi connectivity index (χ1v) is 20.1. The Bertz CT molecular complexity index is 2270. The first kappa shape index (κ1) is 40.8. The summed E-state index contributed by atoms with van der Waals surface area (Å²) < 4.78 is 61.5. The lowest BCUT2D eigenvalue weighted by Crippen LogP contribution is -2.56. The largest absolute Gasteiger partial charge is 0.481 e. The summed E-state index contributed by atoms with van der Waals surface area (Å²) in [5.74, 6) is -1.42. The summed E-state index contributed by atoms with van der Waals surface area (Å²) in [6.45, 7) is 1.22. The quantitative estimate of drug-likeness (QED) is 0.113. The molecule has 0 spiro atoms. The van der Waals surface area contributed by atoms with Gasteiger partial charge in [0, 0.05) is 66.9 Å². The van der Waals surface area contributed by atoms with Crippen LogP contribution in [0.1, 0.15) is 72.4 Å². The van der Waals surface area contributed by atoms with E-state index in [-0.39, 0.29) is 42.5 Å². The number of ether oxygens (including phenoxy) is 3. The number of aliphatic hydroxyl groups excluding tert-OH is 1. The molecule has 1 saturated carbocycles. The molecule has 1 unspecified atom stereocenters. The molecule has 2 aromatic heterocycles. The molecule has 12 nitrogen and oxygen atoms in total. The minimum absolute atomic E-state index is 0.00345. The van der Waals surface area contributed by atoms with Gasteiger partial charge in [-0.2, -0.15) is 18.2 Å². The van der Waals surface area contributed by atoms with Gasteiger partial charge in [-0.05, 0) is 67.3 Å². The maximum absolute atomic E-state index is 14.7. The molecule has 4 fully saturated rings. The molecule has 16 heteroatoms. The van der Waals surface area contributed by atoms with Gasteiger partial charge in [0.2, 0.25) is 23.5 Å². The van der Waals surface area contributed by atoms with Crippen LogP contribution in [0.5, 0.6) is 17.6 Å². The highest BCUT2D eigenvalue weighted by molar-refractivity contribution is 6.36. The monoisotopic (exact) mass is 835 g/mol. The second-order valence-electron chi connectivity index (χ2n) is 15.9. The van der Waals surface area contributed by atoms with Crippen molar-refractivity contribution in [2.45, 2.75) is 88.5 Å². The molecule has 1 amide bonds. The van der Waals surface area contributed by atoms with Gasteiger partial charge in [0.25, 0.3) is 0 Å². The number of aliphatic hydroxyl groups is 1. The molecule has 59 heavy (non-hydrogen) atoms. The van der Waals surface area contributed by atoms with Crippen LogP contribution in [0.4, 0.5) is 13.2 Å². The molecule has 4 N–H and O–H groups in total. The van der Waals surface area contributed by atoms with Crippen LogP contribution in [0.15, 0.2) is 54.6 Å². The normalized spacial score (nSPS) is 23.9. The third kappa shape index (κ3) is 7.93. The van der Waals surface area contributed by atoms with Gasteiger partial charge in [-0.3, -0.25) is 14.5 Å². The number of fused-ring (bicyclic) bond motifs is 4. The Morgan fingerprint density at radius 1 is 0.983 bits per heavy atom. The number of benzene rings is 2. The number of aliphatic carboxylic acids is 1. The summed E-state index contributed by atoms with van der Waals surface area (Å²) in [7, 11) is 2.88. The Kier molecular flexibility index (Phi) is 11.2. The minimum Gasteiger partial charge on any atom is -0.481 e. The number of aromatic nitrogens is 2. The first-order chi connectivity index (χ1) is 28.3. The number of rotatable bonds is 13. The van der Waals surface area contributed by atoms with Gasteiger partial charge in [-0.1, -0.05) is 54.1 Å². The first-order valence-electron chi connectivity index (χ1n) is 19.7. The number of pyridine rings is 2. The second-order valence-corrected chi connectivity index (χ2v) is 16.2. The summed E-state index contributed by atoms with van der Waals surface area (Å²) in [6.07, 6.45) is -2.79. The van der Waals surface area contributed by atoms with E-state index in [9.17, 15) is 33.0 Å². The molecule has 3 saturated heterocycles. The third-order valence-corrected chi connectivity index (χ3v) is 12.7. The van der Waals surface area contributed by atoms with E-state index in [1.54, 1.807) is 0 Å². The predicted molar refractivity (Wildman–Crippen MR) is 211 cm³/mol. The minimum atomic E-state index is -4.78. The average Bonchev–Trinajstić information content (AvgIpc) is 3.79. The van der Waals surface area contributed by atoms with Crippen LogP contribution >= 0.6 is 11.6 Å². The Balaban J connectivity index is 1.03. The van der Waals surface area contributed by atoms with Gasteiger partial charge in [-0.15, -0.1) is 0 Å². The van der Waals surface area contributed by atoms with Crippen molar-refractivity contribution in [3.63, 3.8) is 0 Å². The lowest BCUT2D eigenvalue weighted by Gasteiger charge is -2.50. The Hall–Kier alpha value is -4.96. The highest BCUT2D eigenvalue weighted by atomic mass is 35.5. The maximum Gasteiger partial charge on any atom is 0.421 e. The van der Waals surface area contributed by atoms with Crippen molar-refractivity contribution >= 4 is 23.5 Å². The number of amides is 1. The Morgan fingerprint density at radius 2 is 1.69 bits per heavy atom. The van der Waals surface area contributed by atoms with Gasteiger partial charge < -0.3 is 35.1 Å². The number of methoxy groups -OCH3 is 2. The summed E-state index contributed by atoms with van der Waals surface area (Å²) in [6, 6.07) is 15.9. The van der Waals surface area contributed by atoms with Gasteiger partial charge in [-0.25, -0.2) is 4.98 Å². The van der Waals surface area contributed by atoms with Gasteiger partial charge in [0.05, 0.1) is 30.4 Å². The van der Waals surface area contributed by atoms with Gasteiger partial charge >= 0.3 is 12.1 Å². The Morgan fingerprint density at radius 3 is 2.39 bits per heavy atom. The molecule has 0 radical (unpaired) electrons. The van der Waals surface area contributed by atoms with E-state index < -0.39 is 41.2 Å². The summed E-state index contributed by atoms with van der Waals surface area (Å²) in [5, 5.41) is 26.2. The highest BCUT2D eigenvalue weighted by Gasteiger charge is 2.50. The molecule has 5 heterocycles. The van der Waals surface area contributed by atoms with Crippen molar-refractivity contribution in [2.75, 3.05) is 27.3 Å². The van der Waals surface area contributed by atoms with E-state index in [0.717, 1.165) is 33.9 Å². The highest BCUT2D eigenvalue weighted by Crippen LogP contribution is 2.48. The number of nitrogens with zero attached hydrogens (tertiary/aromatic N) is 3. The summed E-state index contributed by atoms with van der Waals surface area (Å²) >= 11 is 7.13. The van der Waals surface area contributed by atoms with Crippen molar-refractivity contribution < 1.29 is 47.2 Å². The molecule has 4 aromatic rings. The SMILES string of the molecule is COc1nc(-c2cccc(-c3cccc4c3CC[C@@H]4Oc3nc(OC)c(CN4CC5(C(=O)O)CCC4CC5)cc3C(F)(F)F)c2Cl)ccc1CNC[C@@H]1CC(O)C(=O)N1. The topological polar surface area (TPSA) is 155 Å². The van der Waals surface area contributed by atoms with Gasteiger partial charge in [0.15, 0.2) is 0 Å². The van der Waals surface area contributed by atoms with E-state index >= 15 is 0 Å². The van der Waals surface area contributed by atoms with Crippen LogP contribution in [0.2, 0.25) is 5.02 Å². The molecule has 312 valence electrons. The number of piperidine rings is 2. The fraction of sp³-hybridized carbons (Fsp3) is 0.442. The van der Waals surface area contributed by atoms with Crippen molar-refractivity contribution in [2.24, 2.45) is 5.41 Å². The number of carbonyl (C=O) groups excluding carboxylic acids is 1. The van der Waals surface area contributed by atoms with Crippen LogP contribution in [0.25, 0.3) is 22.4 Å². The molecule has 2 aliphatic carbocycles. The molecule has 2 aromatic carbocycles. The van der Waals surface area contributed by atoms with Crippen LogP contribution in [0.3, 0.4) is 0 Å². The zero-order valence-corrected chi connectivity index (χ0v) is 33.3. The summed E-state index contributed by atoms with van der Waals surface area (Å²) in [5.41, 5.74) is 3.52. The van der Waals surface area contributed by atoms with Crippen molar-refractivity contribution in [3.05, 3.63) is 87.4 Å². The predicted octanol–water partition coefficient (Wildman–Crippen LogP) is 6.73. The van der Waals surface area contributed by atoms with E-state index in [4.69, 9.17) is 30.8 Å². The zero-order chi connectivity index (χ0) is 41.6. The van der Waals surface area contributed by atoms with Crippen molar-refractivity contribution in [1.82, 2.24) is 25.5 Å². The average molecular weight is 836 g/mol. The number of hydrogen-bond donors (Lipinski definition) is 4. The van der Waals surface area contributed by atoms with Crippen molar-refractivity contribution in [1.29, 1.82) is 0 Å². The fourth-order valence-electron chi connectivity index (χ4n) is 9.23. The number of hydrogen-bond acceptors (Lipinski definition) is 10. The second kappa shape index (κ2) is 16.2. The van der Waals surface area contributed by atoms with E-state index in [2.05, 4.69) is 15.6 Å². The van der Waals surface area contributed by atoms with Crippen LogP contribution in [0, 0.1) is 5.41 Å².